The van der Waals surface area contributed by atoms with Crippen LogP contribution in [0.1, 0.15) is 27.2 Å². The fourth-order valence-corrected chi connectivity index (χ4v) is 2.01. The zero-order chi connectivity index (χ0) is 13.1. The van der Waals surface area contributed by atoms with Gasteiger partial charge in [-0.1, -0.05) is 33.0 Å². The standard InChI is InChI=1S/C12H23N3OS/c1-12(2,3)11(16)15-8-6-14(7-9-15)5-4-10(13)17/h4-9H2,1-3H3,(H2,13,17). The number of carbonyl (C=O) groups is 1. The van der Waals surface area contributed by atoms with E-state index in [2.05, 4.69) is 4.90 Å². The Balaban J connectivity index is 2.36. The van der Waals surface area contributed by atoms with Crippen LogP contribution in [0.15, 0.2) is 0 Å². The van der Waals surface area contributed by atoms with E-state index in [9.17, 15) is 4.79 Å². The Bertz CT molecular complexity index is 291. The van der Waals surface area contributed by atoms with Gasteiger partial charge < -0.3 is 10.6 Å². The molecule has 98 valence electrons. The maximum absolute atomic E-state index is 12.1. The molecular formula is C12H23N3OS. The number of hydrogen-bond acceptors (Lipinski definition) is 3. The Morgan fingerprint density at radius 3 is 2.18 bits per heavy atom. The Morgan fingerprint density at radius 1 is 1.24 bits per heavy atom. The summed E-state index contributed by atoms with van der Waals surface area (Å²) in [5.41, 5.74) is 5.21. The summed E-state index contributed by atoms with van der Waals surface area (Å²) in [7, 11) is 0. The van der Waals surface area contributed by atoms with Crippen molar-refractivity contribution >= 4 is 23.1 Å². The first-order valence-corrected chi connectivity index (χ1v) is 6.51. The maximum atomic E-state index is 12.1. The zero-order valence-electron chi connectivity index (χ0n) is 11.0. The minimum atomic E-state index is -0.277. The van der Waals surface area contributed by atoms with Gasteiger partial charge in [-0.05, 0) is 0 Å². The Hall–Kier alpha value is -0.680. The maximum Gasteiger partial charge on any atom is 0.228 e. The summed E-state index contributed by atoms with van der Waals surface area (Å²) in [6.07, 6.45) is 0.766. The summed E-state index contributed by atoms with van der Waals surface area (Å²) < 4.78 is 0. The third kappa shape index (κ3) is 4.60. The molecule has 1 rings (SSSR count). The summed E-state index contributed by atoms with van der Waals surface area (Å²) in [5.74, 6) is 0.242. The zero-order valence-corrected chi connectivity index (χ0v) is 11.8. The third-order valence-electron chi connectivity index (χ3n) is 2.98. The van der Waals surface area contributed by atoms with Crippen LogP contribution in [0.3, 0.4) is 0 Å². The largest absolute Gasteiger partial charge is 0.393 e. The highest BCUT2D eigenvalue weighted by molar-refractivity contribution is 7.80. The van der Waals surface area contributed by atoms with Gasteiger partial charge in [-0.15, -0.1) is 0 Å². The minimum Gasteiger partial charge on any atom is -0.393 e. The lowest BCUT2D eigenvalue weighted by Crippen LogP contribution is -2.51. The first-order chi connectivity index (χ1) is 7.80. The van der Waals surface area contributed by atoms with Gasteiger partial charge in [0.1, 0.15) is 0 Å². The molecule has 1 aliphatic heterocycles. The van der Waals surface area contributed by atoms with E-state index in [0.717, 1.165) is 39.1 Å². The van der Waals surface area contributed by atoms with Crippen molar-refractivity contribution in [1.29, 1.82) is 0 Å². The smallest absolute Gasteiger partial charge is 0.228 e. The highest BCUT2D eigenvalue weighted by atomic mass is 32.1. The molecule has 0 aliphatic carbocycles. The molecule has 1 heterocycles. The van der Waals surface area contributed by atoms with E-state index in [1.165, 1.54) is 0 Å². The number of hydrogen-bond donors (Lipinski definition) is 1. The van der Waals surface area contributed by atoms with Crippen molar-refractivity contribution in [3.05, 3.63) is 0 Å². The molecule has 17 heavy (non-hydrogen) atoms. The van der Waals surface area contributed by atoms with E-state index >= 15 is 0 Å². The Labute approximate surface area is 109 Å². The van der Waals surface area contributed by atoms with Crippen LogP contribution >= 0.6 is 12.2 Å². The second-order valence-corrected chi connectivity index (χ2v) is 6.12. The molecule has 0 aromatic carbocycles. The van der Waals surface area contributed by atoms with Crippen molar-refractivity contribution in [2.75, 3.05) is 32.7 Å². The van der Waals surface area contributed by atoms with Gasteiger partial charge in [0, 0.05) is 44.6 Å². The number of piperazine rings is 1. The molecule has 1 saturated heterocycles. The predicted octanol–water partition coefficient (Wildman–Crippen LogP) is 0.853. The lowest BCUT2D eigenvalue weighted by atomic mass is 9.94. The molecule has 1 aliphatic rings. The van der Waals surface area contributed by atoms with E-state index in [0.29, 0.717) is 4.99 Å². The van der Waals surface area contributed by atoms with Crippen LogP contribution in [0, 0.1) is 5.41 Å². The van der Waals surface area contributed by atoms with Crippen molar-refractivity contribution in [3.63, 3.8) is 0 Å². The van der Waals surface area contributed by atoms with Gasteiger partial charge in [0.25, 0.3) is 0 Å². The highest BCUT2D eigenvalue weighted by Crippen LogP contribution is 2.18. The molecule has 1 fully saturated rings. The topological polar surface area (TPSA) is 49.6 Å². The number of carbonyl (C=O) groups excluding carboxylic acids is 1. The van der Waals surface area contributed by atoms with Gasteiger partial charge in [0.05, 0.1) is 4.99 Å². The molecule has 0 aromatic heterocycles. The van der Waals surface area contributed by atoms with Gasteiger partial charge in [-0.25, -0.2) is 0 Å². The van der Waals surface area contributed by atoms with E-state index < -0.39 is 0 Å². The molecule has 0 bridgehead atoms. The Kier molecular flexibility index (Phi) is 4.89. The number of amides is 1. The molecule has 0 spiro atoms. The average Bonchev–Trinajstić information content (AvgIpc) is 2.25. The first kappa shape index (κ1) is 14.4. The summed E-state index contributed by atoms with van der Waals surface area (Å²) in [4.78, 5) is 16.9. The summed E-state index contributed by atoms with van der Waals surface area (Å²) in [6.45, 7) is 10.3. The summed E-state index contributed by atoms with van der Waals surface area (Å²) >= 11 is 4.86. The van der Waals surface area contributed by atoms with E-state index in [1.807, 2.05) is 25.7 Å². The molecule has 2 N–H and O–H groups in total. The van der Waals surface area contributed by atoms with Crippen molar-refractivity contribution in [3.8, 4) is 0 Å². The molecule has 5 heteroatoms. The predicted molar refractivity (Wildman–Crippen MR) is 73.9 cm³/mol. The van der Waals surface area contributed by atoms with Gasteiger partial charge in [-0.2, -0.15) is 0 Å². The van der Waals surface area contributed by atoms with Crippen molar-refractivity contribution in [2.45, 2.75) is 27.2 Å². The molecule has 0 unspecified atom stereocenters. The molecular weight excluding hydrogens is 234 g/mol. The Morgan fingerprint density at radius 2 is 1.76 bits per heavy atom. The van der Waals surface area contributed by atoms with Gasteiger partial charge in [0.2, 0.25) is 5.91 Å². The number of rotatable bonds is 3. The molecule has 0 saturated carbocycles. The molecule has 0 aromatic rings. The van der Waals surface area contributed by atoms with Crippen LogP contribution in [0.25, 0.3) is 0 Å². The third-order valence-corrected chi connectivity index (χ3v) is 3.18. The first-order valence-electron chi connectivity index (χ1n) is 6.11. The fourth-order valence-electron chi connectivity index (χ4n) is 1.92. The number of nitrogens with zero attached hydrogens (tertiary/aromatic N) is 2. The second-order valence-electron chi connectivity index (χ2n) is 5.60. The van der Waals surface area contributed by atoms with Gasteiger partial charge in [-0.3, -0.25) is 9.69 Å². The van der Waals surface area contributed by atoms with Gasteiger partial charge >= 0.3 is 0 Å². The number of thiocarbonyl (C=S) groups is 1. The number of nitrogens with two attached hydrogens (primary N) is 1. The van der Waals surface area contributed by atoms with Crippen molar-refractivity contribution < 1.29 is 4.79 Å². The lowest BCUT2D eigenvalue weighted by molar-refractivity contribution is -0.141. The normalized spacial score (nSPS) is 18.2. The van der Waals surface area contributed by atoms with Crippen LogP contribution < -0.4 is 5.73 Å². The quantitative estimate of drug-likeness (QED) is 0.762. The molecule has 0 atom stereocenters. The lowest BCUT2D eigenvalue weighted by Gasteiger charge is -2.37. The van der Waals surface area contributed by atoms with E-state index in [-0.39, 0.29) is 11.3 Å². The fraction of sp³-hybridized carbons (Fsp3) is 0.833. The average molecular weight is 257 g/mol. The van der Waals surface area contributed by atoms with Crippen LogP contribution in [0.4, 0.5) is 0 Å². The SMILES string of the molecule is CC(C)(C)C(=O)N1CCN(CCC(N)=S)CC1. The molecule has 1 amide bonds. The summed E-state index contributed by atoms with van der Waals surface area (Å²) in [5, 5.41) is 0. The van der Waals surface area contributed by atoms with Crippen molar-refractivity contribution in [1.82, 2.24) is 9.80 Å². The van der Waals surface area contributed by atoms with Crippen LogP contribution in [0.2, 0.25) is 0 Å². The van der Waals surface area contributed by atoms with Crippen molar-refractivity contribution in [2.24, 2.45) is 11.1 Å². The second kappa shape index (κ2) is 5.78. The summed E-state index contributed by atoms with van der Waals surface area (Å²) in [6, 6.07) is 0. The van der Waals surface area contributed by atoms with Crippen LogP contribution in [-0.2, 0) is 4.79 Å². The van der Waals surface area contributed by atoms with Crippen LogP contribution in [0.5, 0.6) is 0 Å². The highest BCUT2D eigenvalue weighted by Gasteiger charge is 2.29. The van der Waals surface area contributed by atoms with E-state index in [1.54, 1.807) is 0 Å². The molecule has 4 nitrogen and oxygen atoms in total. The minimum absolute atomic E-state index is 0.242. The monoisotopic (exact) mass is 257 g/mol. The van der Waals surface area contributed by atoms with Crippen LogP contribution in [-0.4, -0.2) is 53.4 Å². The molecule has 0 radical (unpaired) electrons. The van der Waals surface area contributed by atoms with Gasteiger partial charge in [0.15, 0.2) is 0 Å². The van der Waals surface area contributed by atoms with E-state index in [4.69, 9.17) is 18.0 Å².